The lowest BCUT2D eigenvalue weighted by atomic mass is 10.1. The standard InChI is InChI=1S/C17H16N2O4S/c1-10-3-6-13(7-4-10)24(21,22)19-12-5-8-15-14(9-12)16(17(18)20)11(2)23-15/h3-9,19H,1-2H3,(H2,18,20). The van der Waals surface area contributed by atoms with Gasteiger partial charge in [-0.2, -0.15) is 0 Å². The van der Waals surface area contributed by atoms with Gasteiger partial charge in [0, 0.05) is 11.1 Å². The summed E-state index contributed by atoms with van der Waals surface area (Å²) in [7, 11) is -3.72. The molecule has 0 fully saturated rings. The van der Waals surface area contributed by atoms with E-state index in [9.17, 15) is 13.2 Å². The van der Waals surface area contributed by atoms with Crippen molar-refractivity contribution in [1.82, 2.24) is 0 Å². The first-order chi connectivity index (χ1) is 11.3. The van der Waals surface area contributed by atoms with Crippen molar-refractivity contribution in [3.63, 3.8) is 0 Å². The number of sulfonamides is 1. The Morgan fingerprint density at radius 2 is 1.75 bits per heavy atom. The van der Waals surface area contributed by atoms with Gasteiger partial charge in [0.05, 0.1) is 10.5 Å². The third-order valence-electron chi connectivity index (χ3n) is 3.69. The highest BCUT2D eigenvalue weighted by Crippen LogP contribution is 2.28. The maximum Gasteiger partial charge on any atom is 0.261 e. The Hall–Kier alpha value is -2.80. The van der Waals surface area contributed by atoms with Crippen molar-refractivity contribution in [2.75, 3.05) is 4.72 Å². The van der Waals surface area contributed by atoms with Gasteiger partial charge in [-0.1, -0.05) is 17.7 Å². The van der Waals surface area contributed by atoms with Crippen LogP contribution in [0.1, 0.15) is 21.7 Å². The molecule has 0 aliphatic heterocycles. The van der Waals surface area contributed by atoms with E-state index in [0.29, 0.717) is 22.4 Å². The molecule has 24 heavy (non-hydrogen) atoms. The van der Waals surface area contributed by atoms with Gasteiger partial charge in [-0.3, -0.25) is 9.52 Å². The Balaban J connectivity index is 2.02. The summed E-state index contributed by atoms with van der Waals surface area (Å²) in [4.78, 5) is 11.7. The molecule has 0 atom stereocenters. The van der Waals surface area contributed by atoms with Crippen LogP contribution in [0.15, 0.2) is 51.8 Å². The molecule has 0 bridgehead atoms. The fourth-order valence-corrected chi connectivity index (χ4v) is 3.57. The number of aryl methyl sites for hydroxylation is 2. The number of benzene rings is 2. The van der Waals surface area contributed by atoms with Crippen LogP contribution in [-0.4, -0.2) is 14.3 Å². The Morgan fingerprint density at radius 1 is 1.08 bits per heavy atom. The van der Waals surface area contributed by atoms with Crippen molar-refractivity contribution in [3.05, 3.63) is 59.4 Å². The van der Waals surface area contributed by atoms with Crippen LogP contribution in [0.25, 0.3) is 11.0 Å². The van der Waals surface area contributed by atoms with Crippen LogP contribution in [0.2, 0.25) is 0 Å². The number of fused-ring (bicyclic) bond motifs is 1. The molecule has 0 unspecified atom stereocenters. The normalized spacial score (nSPS) is 11.6. The summed E-state index contributed by atoms with van der Waals surface area (Å²) in [5.74, 6) is -0.221. The quantitative estimate of drug-likeness (QED) is 0.759. The van der Waals surface area contributed by atoms with Crippen LogP contribution in [0, 0.1) is 13.8 Å². The molecule has 1 aromatic heterocycles. The number of hydrogen-bond acceptors (Lipinski definition) is 4. The van der Waals surface area contributed by atoms with Gasteiger partial charge in [0.15, 0.2) is 0 Å². The number of anilines is 1. The molecule has 3 N–H and O–H groups in total. The van der Waals surface area contributed by atoms with Crippen LogP contribution in [0.4, 0.5) is 5.69 Å². The van der Waals surface area contributed by atoms with E-state index in [1.54, 1.807) is 31.2 Å². The van der Waals surface area contributed by atoms with Crippen molar-refractivity contribution in [1.29, 1.82) is 0 Å². The zero-order chi connectivity index (χ0) is 17.5. The van der Waals surface area contributed by atoms with Gasteiger partial charge in [-0.25, -0.2) is 8.42 Å². The number of hydrogen-bond donors (Lipinski definition) is 2. The maximum absolute atomic E-state index is 12.4. The van der Waals surface area contributed by atoms with Gasteiger partial charge in [0.2, 0.25) is 0 Å². The van der Waals surface area contributed by atoms with Gasteiger partial charge < -0.3 is 10.2 Å². The summed E-state index contributed by atoms with van der Waals surface area (Å²) in [5.41, 5.74) is 7.39. The smallest absolute Gasteiger partial charge is 0.261 e. The molecular weight excluding hydrogens is 328 g/mol. The molecule has 0 saturated heterocycles. The molecule has 6 nitrogen and oxygen atoms in total. The van der Waals surface area contributed by atoms with E-state index in [0.717, 1.165) is 5.56 Å². The van der Waals surface area contributed by atoms with Gasteiger partial charge in [-0.15, -0.1) is 0 Å². The number of carbonyl (C=O) groups is 1. The topological polar surface area (TPSA) is 102 Å². The first-order valence-corrected chi connectivity index (χ1v) is 8.69. The number of furan rings is 1. The number of nitrogens with two attached hydrogens (primary N) is 1. The molecule has 0 aliphatic carbocycles. The summed E-state index contributed by atoms with van der Waals surface area (Å²) in [6.07, 6.45) is 0. The fraction of sp³-hybridized carbons (Fsp3) is 0.118. The van der Waals surface area contributed by atoms with Crippen LogP contribution >= 0.6 is 0 Å². The minimum absolute atomic E-state index is 0.159. The Kier molecular flexibility index (Phi) is 3.81. The first-order valence-electron chi connectivity index (χ1n) is 7.20. The van der Waals surface area contributed by atoms with E-state index < -0.39 is 15.9 Å². The lowest BCUT2D eigenvalue weighted by molar-refractivity contribution is 0.1000. The highest BCUT2D eigenvalue weighted by molar-refractivity contribution is 7.92. The molecule has 1 amide bonds. The molecule has 0 radical (unpaired) electrons. The molecule has 2 aromatic carbocycles. The molecule has 7 heteroatoms. The summed E-state index contributed by atoms with van der Waals surface area (Å²) in [5, 5.41) is 0.476. The number of primary amides is 1. The van der Waals surface area contributed by atoms with E-state index in [4.69, 9.17) is 10.2 Å². The lowest BCUT2D eigenvalue weighted by Crippen LogP contribution is -2.13. The minimum atomic E-state index is -3.72. The molecule has 0 aliphatic rings. The lowest BCUT2D eigenvalue weighted by Gasteiger charge is -2.08. The number of amides is 1. The fourth-order valence-electron chi connectivity index (χ4n) is 2.52. The first kappa shape index (κ1) is 16.1. The molecule has 0 saturated carbocycles. The van der Waals surface area contributed by atoms with Crippen molar-refractivity contribution in [3.8, 4) is 0 Å². The van der Waals surface area contributed by atoms with Crippen molar-refractivity contribution in [2.45, 2.75) is 18.7 Å². The highest BCUT2D eigenvalue weighted by atomic mass is 32.2. The Morgan fingerprint density at radius 3 is 2.38 bits per heavy atom. The zero-order valence-electron chi connectivity index (χ0n) is 13.2. The molecule has 0 spiro atoms. The predicted molar refractivity (Wildman–Crippen MR) is 91.5 cm³/mol. The van der Waals surface area contributed by atoms with Gasteiger partial charge in [0.1, 0.15) is 11.3 Å². The third-order valence-corrected chi connectivity index (χ3v) is 5.09. The maximum atomic E-state index is 12.4. The highest BCUT2D eigenvalue weighted by Gasteiger charge is 2.18. The Labute approximate surface area is 139 Å². The van der Waals surface area contributed by atoms with Crippen LogP contribution in [0.3, 0.4) is 0 Å². The molecule has 124 valence electrons. The van der Waals surface area contributed by atoms with Gasteiger partial charge in [-0.05, 0) is 44.2 Å². The van der Waals surface area contributed by atoms with Crippen LogP contribution < -0.4 is 10.5 Å². The number of carbonyl (C=O) groups excluding carboxylic acids is 1. The summed E-state index contributed by atoms with van der Waals surface area (Å²) >= 11 is 0. The van der Waals surface area contributed by atoms with E-state index >= 15 is 0 Å². The van der Waals surface area contributed by atoms with Crippen LogP contribution in [0.5, 0.6) is 0 Å². The third kappa shape index (κ3) is 2.85. The molecular formula is C17H16N2O4S. The van der Waals surface area contributed by atoms with Crippen molar-refractivity contribution < 1.29 is 17.6 Å². The summed E-state index contributed by atoms with van der Waals surface area (Å²) in [6.45, 7) is 3.51. The monoisotopic (exact) mass is 344 g/mol. The van der Waals surface area contributed by atoms with Gasteiger partial charge in [0.25, 0.3) is 15.9 Å². The Bertz CT molecular complexity index is 1030. The summed E-state index contributed by atoms with van der Waals surface area (Å²) in [6, 6.07) is 11.2. The molecule has 3 rings (SSSR count). The average Bonchev–Trinajstić information content (AvgIpc) is 2.82. The second-order valence-electron chi connectivity index (χ2n) is 5.53. The average molecular weight is 344 g/mol. The molecule has 1 heterocycles. The minimum Gasteiger partial charge on any atom is -0.461 e. The number of nitrogens with one attached hydrogen (secondary N) is 1. The zero-order valence-corrected chi connectivity index (χ0v) is 14.0. The second kappa shape index (κ2) is 5.68. The van der Waals surface area contributed by atoms with E-state index in [2.05, 4.69) is 4.72 Å². The molecule has 3 aromatic rings. The summed E-state index contributed by atoms with van der Waals surface area (Å²) < 4.78 is 32.9. The van der Waals surface area contributed by atoms with Gasteiger partial charge >= 0.3 is 0 Å². The second-order valence-corrected chi connectivity index (χ2v) is 7.21. The number of rotatable bonds is 4. The van der Waals surface area contributed by atoms with Crippen LogP contribution in [-0.2, 0) is 10.0 Å². The van der Waals surface area contributed by atoms with E-state index in [1.807, 2.05) is 6.92 Å². The van der Waals surface area contributed by atoms with E-state index in [1.165, 1.54) is 18.2 Å². The largest absolute Gasteiger partial charge is 0.461 e. The van der Waals surface area contributed by atoms with Crippen molar-refractivity contribution in [2.24, 2.45) is 5.73 Å². The van der Waals surface area contributed by atoms with E-state index in [-0.39, 0.29) is 10.5 Å². The SMILES string of the molecule is Cc1ccc(S(=O)(=O)Nc2ccc3oc(C)c(C(N)=O)c3c2)cc1. The predicted octanol–water partition coefficient (Wildman–Crippen LogP) is 2.95. The van der Waals surface area contributed by atoms with Crippen molar-refractivity contribution >= 4 is 32.6 Å².